The Kier molecular flexibility index (Phi) is 5.15. The fourth-order valence-corrected chi connectivity index (χ4v) is 6.05. The lowest BCUT2D eigenvalue weighted by atomic mass is 9.68. The fraction of sp³-hybridized carbons (Fsp3) is 0.385. The fourth-order valence-electron chi connectivity index (χ4n) is 6.05. The Balaban J connectivity index is 1.57. The third-order valence-electron chi connectivity index (χ3n) is 8.01. The minimum atomic E-state index is -0.679. The Morgan fingerprint density at radius 2 is 1.91 bits per heavy atom. The van der Waals surface area contributed by atoms with Gasteiger partial charge >= 0.3 is 0 Å². The van der Waals surface area contributed by atoms with E-state index < -0.39 is 22.6 Å². The molecule has 2 atom stereocenters. The van der Waals surface area contributed by atoms with E-state index in [9.17, 15) is 18.4 Å². The zero-order valence-electron chi connectivity index (χ0n) is 19.4. The normalized spacial score (nSPS) is 22.0. The molecule has 8 heteroatoms. The third-order valence-corrected chi connectivity index (χ3v) is 8.01. The average molecular weight is 465 g/mol. The van der Waals surface area contributed by atoms with Crippen molar-refractivity contribution in [2.24, 2.45) is 5.41 Å². The quantitative estimate of drug-likeness (QED) is 0.606. The summed E-state index contributed by atoms with van der Waals surface area (Å²) >= 11 is 0. The Bertz CT molecular complexity index is 1330. The minimum absolute atomic E-state index is 0.0998. The first-order chi connectivity index (χ1) is 16.2. The first-order valence-corrected chi connectivity index (χ1v) is 11.5. The Labute approximate surface area is 196 Å². The molecule has 0 saturated heterocycles. The Hall–Kier alpha value is -3.42. The zero-order chi connectivity index (χ0) is 24.3. The Morgan fingerprint density at radius 3 is 2.59 bits per heavy atom. The van der Waals surface area contributed by atoms with Gasteiger partial charge in [0.15, 0.2) is 0 Å². The van der Waals surface area contributed by atoms with E-state index in [1.165, 1.54) is 30.5 Å². The molecule has 0 radical (unpaired) electrons. The number of likely N-dealkylation sites (N-methyl/N-ethyl adjacent to an activating group) is 1. The number of fused-ring (bicyclic) bond motifs is 5. The summed E-state index contributed by atoms with van der Waals surface area (Å²) in [6, 6.07) is 8.67. The van der Waals surface area contributed by atoms with Crippen molar-refractivity contribution in [3.63, 3.8) is 0 Å². The molecule has 6 nitrogen and oxygen atoms in total. The van der Waals surface area contributed by atoms with Crippen LogP contribution in [0.2, 0.25) is 0 Å². The van der Waals surface area contributed by atoms with E-state index in [1.54, 1.807) is 17.0 Å². The molecule has 2 aliphatic rings. The molecule has 5 rings (SSSR count). The van der Waals surface area contributed by atoms with Crippen LogP contribution in [0.25, 0.3) is 11.3 Å². The van der Waals surface area contributed by atoms with Crippen LogP contribution in [0.1, 0.15) is 61.1 Å². The smallest absolute Gasteiger partial charge is 0.260 e. The molecule has 0 unspecified atom stereocenters. The van der Waals surface area contributed by atoms with E-state index in [0.29, 0.717) is 13.1 Å². The first kappa shape index (κ1) is 22.4. The highest BCUT2D eigenvalue weighted by molar-refractivity contribution is 5.94. The summed E-state index contributed by atoms with van der Waals surface area (Å²) in [7, 11) is 0. The summed E-state index contributed by atoms with van der Waals surface area (Å²) in [5.74, 6) is -1.56. The number of carbonyl (C=O) groups excluding carboxylic acids is 1. The summed E-state index contributed by atoms with van der Waals surface area (Å²) in [4.78, 5) is 29.8. The number of aromatic amines is 1. The second-order valence-electron chi connectivity index (χ2n) is 9.76. The van der Waals surface area contributed by atoms with Crippen molar-refractivity contribution in [3.8, 4) is 11.3 Å². The largest absolute Gasteiger partial charge is 0.338 e. The molecule has 3 aromatic rings. The van der Waals surface area contributed by atoms with Crippen LogP contribution in [0, 0.1) is 17.0 Å². The van der Waals surface area contributed by atoms with E-state index in [-0.39, 0.29) is 34.1 Å². The molecule has 2 bridgehead atoms. The topological polar surface area (TPSA) is 79.0 Å². The van der Waals surface area contributed by atoms with Crippen LogP contribution < -0.4 is 5.56 Å². The number of carbonyl (C=O) groups is 1. The highest BCUT2D eigenvalue weighted by Crippen LogP contribution is 2.67. The first-order valence-electron chi connectivity index (χ1n) is 11.5. The number of hydrogen-bond acceptors (Lipinski definition) is 4. The molecule has 176 valence electrons. The van der Waals surface area contributed by atoms with Crippen molar-refractivity contribution < 1.29 is 13.6 Å². The molecular weight excluding hydrogens is 438 g/mol. The maximum Gasteiger partial charge on any atom is 0.260 e. The second kappa shape index (κ2) is 7.82. The van der Waals surface area contributed by atoms with Gasteiger partial charge in [-0.3, -0.25) is 9.59 Å². The molecule has 1 amide bonds. The number of nitrogens with zero attached hydrogens (tertiary/aromatic N) is 3. The van der Waals surface area contributed by atoms with Crippen LogP contribution in [0.3, 0.4) is 0 Å². The molecule has 1 N–H and O–H groups in total. The van der Waals surface area contributed by atoms with Crippen molar-refractivity contribution in [1.29, 1.82) is 0 Å². The molecule has 1 aromatic carbocycles. The molecule has 2 aromatic heterocycles. The van der Waals surface area contributed by atoms with Crippen molar-refractivity contribution in [1.82, 2.24) is 20.1 Å². The SMILES string of the molecule is CCN(C[C@@]12CC[C@@H](c3cc(-c4c(F)cccc4F)nnc31)C2(C)C)C(=O)c1ccc[nH]c1=O. The van der Waals surface area contributed by atoms with E-state index in [1.807, 2.05) is 6.92 Å². The van der Waals surface area contributed by atoms with E-state index in [0.717, 1.165) is 24.1 Å². The summed E-state index contributed by atoms with van der Waals surface area (Å²) in [5, 5.41) is 8.75. The highest BCUT2D eigenvalue weighted by Gasteiger charge is 2.64. The van der Waals surface area contributed by atoms with Crippen LogP contribution in [0.5, 0.6) is 0 Å². The number of benzene rings is 1. The van der Waals surface area contributed by atoms with Crippen molar-refractivity contribution in [2.75, 3.05) is 13.1 Å². The van der Waals surface area contributed by atoms with Crippen LogP contribution in [0.4, 0.5) is 8.78 Å². The second-order valence-corrected chi connectivity index (χ2v) is 9.76. The van der Waals surface area contributed by atoms with Gasteiger partial charge in [0.05, 0.1) is 17.0 Å². The summed E-state index contributed by atoms with van der Waals surface area (Å²) in [6.45, 7) is 7.01. The third kappa shape index (κ3) is 3.04. The number of aromatic nitrogens is 3. The van der Waals surface area contributed by atoms with Gasteiger partial charge in [-0.1, -0.05) is 19.9 Å². The van der Waals surface area contributed by atoms with Crippen LogP contribution in [-0.4, -0.2) is 39.1 Å². The van der Waals surface area contributed by atoms with Crippen LogP contribution in [-0.2, 0) is 5.41 Å². The molecule has 1 fully saturated rings. The van der Waals surface area contributed by atoms with Gasteiger partial charge in [0.2, 0.25) is 0 Å². The molecule has 34 heavy (non-hydrogen) atoms. The number of H-pyrrole nitrogens is 1. The van der Waals surface area contributed by atoms with Crippen molar-refractivity contribution in [2.45, 2.75) is 44.9 Å². The summed E-state index contributed by atoms with van der Waals surface area (Å²) in [6.07, 6.45) is 3.19. The van der Waals surface area contributed by atoms with E-state index >= 15 is 0 Å². The van der Waals surface area contributed by atoms with Gasteiger partial charge in [-0.05, 0) is 67.0 Å². The number of pyridine rings is 1. The van der Waals surface area contributed by atoms with Gasteiger partial charge in [0.25, 0.3) is 11.5 Å². The van der Waals surface area contributed by atoms with Gasteiger partial charge in [-0.2, -0.15) is 10.2 Å². The number of halogens is 2. The number of hydrogen-bond donors (Lipinski definition) is 1. The van der Waals surface area contributed by atoms with Gasteiger partial charge < -0.3 is 9.88 Å². The van der Waals surface area contributed by atoms with Gasteiger partial charge in [-0.25, -0.2) is 8.78 Å². The molecule has 2 aliphatic carbocycles. The molecule has 2 heterocycles. The highest BCUT2D eigenvalue weighted by atomic mass is 19.1. The lowest BCUT2D eigenvalue weighted by Gasteiger charge is -2.41. The number of amides is 1. The number of nitrogens with one attached hydrogen (secondary N) is 1. The van der Waals surface area contributed by atoms with Crippen LogP contribution >= 0.6 is 0 Å². The molecule has 0 spiro atoms. The molecule has 1 saturated carbocycles. The van der Waals surface area contributed by atoms with Crippen molar-refractivity contribution in [3.05, 3.63) is 81.4 Å². The summed E-state index contributed by atoms with van der Waals surface area (Å²) in [5.41, 5.74) is 0.658. The standard InChI is InChI=1S/C26H26F2N4O2/c1-4-32(24(34)15-7-6-12-29-23(15)33)14-26-11-10-17(25(26,2)3)16-13-20(30-31-22(16)26)21-18(27)8-5-9-19(21)28/h5-9,12-13,17H,4,10-11,14H2,1-3H3,(H,29,33)/t17-,26-/m0/s1. The van der Waals surface area contributed by atoms with Gasteiger partial charge in [0.1, 0.15) is 17.2 Å². The maximum absolute atomic E-state index is 14.4. The van der Waals surface area contributed by atoms with Crippen LogP contribution in [0.15, 0.2) is 47.4 Å². The molecule has 0 aliphatic heterocycles. The predicted octanol–water partition coefficient (Wildman–Crippen LogP) is 4.43. The monoisotopic (exact) mass is 464 g/mol. The Morgan fingerprint density at radius 1 is 1.18 bits per heavy atom. The van der Waals surface area contributed by atoms with Gasteiger partial charge in [0, 0.05) is 24.7 Å². The van der Waals surface area contributed by atoms with Crippen molar-refractivity contribution >= 4 is 5.91 Å². The summed E-state index contributed by atoms with van der Waals surface area (Å²) < 4.78 is 28.8. The maximum atomic E-state index is 14.4. The minimum Gasteiger partial charge on any atom is -0.338 e. The average Bonchev–Trinajstić information content (AvgIpc) is 3.17. The lowest BCUT2D eigenvalue weighted by molar-refractivity contribution is 0.0650. The molecular formula is C26H26F2N4O2. The predicted molar refractivity (Wildman–Crippen MR) is 123 cm³/mol. The van der Waals surface area contributed by atoms with E-state index in [4.69, 9.17) is 0 Å². The lowest BCUT2D eigenvalue weighted by Crippen LogP contribution is -2.49. The van der Waals surface area contributed by atoms with E-state index in [2.05, 4.69) is 29.0 Å². The van der Waals surface area contributed by atoms with Gasteiger partial charge in [-0.15, -0.1) is 0 Å². The zero-order valence-corrected chi connectivity index (χ0v) is 19.4. The number of rotatable bonds is 5.